The van der Waals surface area contributed by atoms with E-state index >= 15 is 0 Å². The number of aryl methyl sites for hydroxylation is 2. The van der Waals surface area contributed by atoms with E-state index in [2.05, 4.69) is 92.0 Å². The van der Waals surface area contributed by atoms with Crippen LogP contribution in [0.3, 0.4) is 0 Å². The number of cyclic esters (lactones) is 1. The maximum Gasteiger partial charge on any atom is 0.324 e. The molecule has 0 radical (unpaired) electrons. The number of hydrogen-bond acceptors (Lipinski definition) is 8. The fourth-order valence-electron chi connectivity index (χ4n) is 9.85. The number of aromatic hydroxyl groups is 1. The molecule has 4 aromatic rings. The first kappa shape index (κ1) is 55.5. The van der Waals surface area contributed by atoms with Crippen LogP contribution in [0.2, 0.25) is 0 Å². The molecule has 1 aromatic heterocycles. The van der Waals surface area contributed by atoms with E-state index in [9.17, 15) is 29.1 Å². The van der Waals surface area contributed by atoms with E-state index in [1.54, 1.807) is 29.0 Å². The monoisotopic (exact) mass is 989 g/mol. The van der Waals surface area contributed by atoms with Gasteiger partial charge in [0.1, 0.15) is 23.9 Å². The quantitative estimate of drug-likeness (QED) is 0.131. The molecule has 3 N–H and O–H groups in total. The highest BCUT2D eigenvalue weighted by molar-refractivity contribution is 7.59. The van der Waals surface area contributed by atoms with Gasteiger partial charge in [-0.1, -0.05) is 77.6 Å². The number of fused-ring (bicyclic) bond motifs is 6. The molecule has 14 nitrogen and oxygen atoms in total. The molecular weight excluding hydrogens is 919 g/mol. The summed E-state index contributed by atoms with van der Waals surface area (Å²) in [6, 6.07) is 16.9. The first-order valence-electron chi connectivity index (χ1n) is 23.1. The lowest BCUT2D eigenvalue weighted by Crippen LogP contribution is -2.63. The third-order valence-electron chi connectivity index (χ3n) is 13.2. The van der Waals surface area contributed by atoms with Crippen LogP contribution in [-0.4, -0.2) is 124 Å². The lowest BCUT2D eigenvalue weighted by atomic mass is 9.83. The number of urea groups is 1. The number of aromatic nitrogens is 1. The van der Waals surface area contributed by atoms with Crippen molar-refractivity contribution in [1.82, 2.24) is 35.0 Å². The van der Waals surface area contributed by atoms with Gasteiger partial charge in [0.25, 0.3) is 5.91 Å². The lowest BCUT2D eigenvalue weighted by Gasteiger charge is -2.39. The molecule has 7 rings (SSSR count). The van der Waals surface area contributed by atoms with Crippen LogP contribution in [0, 0.1) is 11.3 Å². The summed E-state index contributed by atoms with van der Waals surface area (Å²) in [4.78, 5) is 73.8. The number of likely N-dealkylation sites (N-methyl/N-ethyl adjacent to an activating group) is 1. The molecule has 0 spiro atoms. The minimum atomic E-state index is -1.15. The molecule has 68 heavy (non-hydrogen) atoms. The summed E-state index contributed by atoms with van der Waals surface area (Å²) < 4.78 is 8.47. The molecule has 0 saturated carbocycles. The van der Waals surface area contributed by atoms with Gasteiger partial charge in [0.2, 0.25) is 11.8 Å². The van der Waals surface area contributed by atoms with E-state index < -0.39 is 41.3 Å². The van der Waals surface area contributed by atoms with Gasteiger partial charge in [0.15, 0.2) is 0 Å². The Morgan fingerprint density at radius 2 is 1.65 bits per heavy atom. The number of esters is 1. The van der Waals surface area contributed by atoms with Gasteiger partial charge in [-0.15, -0.1) is 0 Å². The van der Waals surface area contributed by atoms with Gasteiger partial charge < -0.3 is 34.4 Å². The number of benzene rings is 3. The summed E-state index contributed by atoms with van der Waals surface area (Å²) in [7, 11) is 1.58. The number of amides is 5. The molecular formula is C51H71N7O7S3. The minimum Gasteiger partial charge on any atom is -0.508 e. The second-order valence-electron chi connectivity index (χ2n) is 18.8. The number of carbonyl (C=O) groups excluding carboxylic acids is 5. The molecule has 6 bridgehead atoms. The van der Waals surface area contributed by atoms with Crippen molar-refractivity contribution in [3.05, 3.63) is 90.0 Å². The van der Waals surface area contributed by atoms with Crippen LogP contribution in [0.5, 0.6) is 5.75 Å². The molecule has 3 aromatic carbocycles. The molecule has 0 unspecified atom stereocenters. The van der Waals surface area contributed by atoms with E-state index in [1.165, 1.54) is 27.1 Å². The van der Waals surface area contributed by atoms with E-state index in [1.807, 2.05) is 19.9 Å². The number of carbonyl (C=O) groups is 5. The molecule has 0 aliphatic carbocycles. The molecule has 370 valence electrons. The SMILES string of the molecule is C=CC(=O)N1CCN(C(=O)N(C)[C@H](C(=O)N[C@H]2Cc3cc(O)cc(c3)-c3ccc4c(c3)c(c(-c3ccccc3CC)n4CC)CC(C)(C)COC(=O)[C@@H]3CCCN(N3)C2=O)C(C)C)CC1.S.S.S. The van der Waals surface area contributed by atoms with Crippen LogP contribution < -0.4 is 10.7 Å². The van der Waals surface area contributed by atoms with Crippen molar-refractivity contribution in [2.24, 2.45) is 11.3 Å². The van der Waals surface area contributed by atoms with Gasteiger partial charge in [-0.3, -0.25) is 24.2 Å². The Morgan fingerprint density at radius 3 is 2.31 bits per heavy atom. The number of piperazine rings is 1. The van der Waals surface area contributed by atoms with E-state index in [-0.39, 0.29) is 83.7 Å². The van der Waals surface area contributed by atoms with Crippen LogP contribution in [0.1, 0.15) is 71.1 Å². The van der Waals surface area contributed by atoms with Crippen LogP contribution in [0.15, 0.2) is 73.3 Å². The highest BCUT2D eigenvalue weighted by Crippen LogP contribution is 2.41. The highest BCUT2D eigenvalue weighted by Gasteiger charge is 2.39. The number of phenols is 1. The van der Waals surface area contributed by atoms with E-state index in [4.69, 9.17) is 4.74 Å². The number of rotatable bonds is 8. The van der Waals surface area contributed by atoms with Gasteiger partial charge in [-0.2, -0.15) is 40.5 Å². The Kier molecular flexibility index (Phi) is 19.2. The second-order valence-corrected chi connectivity index (χ2v) is 18.8. The maximum absolute atomic E-state index is 14.7. The topological polar surface area (TPSA) is 157 Å². The normalized spacial score (nSPS) is 18.8. The van der Waals surface area contributed by atoms with Crippen molar-refractivity contribution in [3.63, 3.8) is 0 Å². The molecule has 2 fully saturated rings. The molecule has 3 aliphatic rings. The molecule has 3 atom stereocenters. The van der Waals surface area contributed by atoms with Crippen LogP contribution in [0.25, 0.3) is 33.3 Å². The standard InChI is InChI=1S/C51H65N7O7.3H2S/c1-9-34-15-12-13-16-38(34)46-40-30-51(6,7)31-65-49(63)41-17-14-20-58(53-41)48(62)42(27-33-25-36(28-37(59)26-33)35-18-19-43(39(40)29-35)57(46)11-3)52-47(61)45(32(4)5)54(8)50(64)56-23-21-55(22-24-56)44(60)10-2;;;/h10,12-13,15-16,18-19,25-26,28-29,32,41-42,45,53,59H,2,9,11,14,17,20-24,27,30-31H2,1,3-8H3,(H,52,61);3*1H2/t41-,42-,45-;;;/m0.../s1. The third kappa shape index (κ3) is 11.8. The predicted molar refractivity (Wildman–Crippen MR) is 283 cm³/mol. The average molecular weight is 990 g/mol. The molecule has 3 aliphatic heterocycles. The van der Waals surface area contributed by atoms with E-state index in [0.29, 0.717) is 51.0 Å². The van der Waals surface area contributed by atoms with Crippen molar-refractivity contribution in [2.75, 3.05) is 46.4 Å². The fraction of sp³-hybridized carbons (Fsp3) is 0.471. The Hall–Kier alpha value is -5.10. The number of nitrogens with zero attached hydrogens (tertiary/aromatic N) is 5. The van der Waals surface area contributed by atoms with Gasteiger partial charge >= 0.3 is 12.0 Å². The summed E-state index contributed by atoms with van der Waals surface area (Å²) in [5.41, 5.74) is 10.6. The molecule has 17 heteroatoms. The van der Waals surface area contributed by atoms with Gasteiger partial charge in [0, 0.05) is 74.6 Å². The van der Waals surface area contributed by atoms with Crippen LogP contribution >= 0.6 is 40.5 Å². The zero-order chi connectivity index (χ0) is 46.7. The summed E-state index contributed by atoms with van der Waals surface area (Å²) in [5.74, 6) is -1.98. The number of phenolic OH excluding ortho intramolecular Hbond substituents is 1. The van der Waals surface area contributed by atoms with Crippen LogP contribution in [0.4, 0.5) is 4.79 Å². The summed E-state index contributed by atoms with van der Waals surface area (Å²) in [6.45, 7) is 18.2. The van der Waals surface area contributed by atoms with Gasteiger partial charge in [-0.05, 0) is 96.7 Å². The molecule has 2 saturated heterocycles. The lowest BCUT2D eigenvalue weighted by molar-refractivity contribution is -0.155. The molecule has 5 amide bonds. The highest BCUT2D eigenvalue weighted by atomic mass is 32.1. The van der Waals surface area contributed by atoms with Crippen molar-refractivity contribution in [2.45, 2.75) is 98.3 Å². The Labute approximate surface area is 422 Å². The summed E-state index contributed by atoms with van der Waals surface area (Å²) in [5, 5.41) is 16.8. The average Bonchev–Trinajstić information content (AvgIpc) is 3.60. The van der Waals surface area contributed by atoms with Crippen LogP contribution in [-0.2, 0) is 49.7 Å². The second kappa shape index (κ2) is 23.5. The number of hydrazine groups is 1. The minimum absolute atomic E-state index is 0. The smallest absolute Gasteiger partial charge is 0.324 e. The summed E-state index contributed by atoms with van der Waals surface area (Å²) >= 11 is 0. The Morgan fingerprint density at radius 1 is 0.956 bits per heavy atom. The first-order chi connectivity index (χ1) is 31.0. The predicted octanol–water partition coefficient (Wildman–Crippen LogP) is 6.66. The zero-order valence-electron chi connectivity index (χ0n) is 40.5. The summed E-state index contributed by atoms with van der Waals surface area (Å²) in [6.07, 6.45) is 3.72. The van der Waals surface area contributed by atoms with Crippen molar-refractivity contribution in [1.29, 1.82) is 0 Å². The van der Waals surface area contributed by atoms with Crippen molar-refractivity contribution < 1.29 is 33.8 Å². The third-order valence-corrected chi connectivity index (χ3v) is 13.2. The molecule has 4 heterocycles. The first-order valence-corrected chi connectivity index (χ1v) is 23.1. The number of nitrogens with one attached hydrogen (secondary N) is 2. The fourth-order valence-corrected chi connectivity index (χ4v) is 9.85. The number of hydrogen-bond donors (Lipinski definition) is 3. The Bertz CT molecular complexity index is 2490. The van der Waals surface area contributed by atoms with Gasteiger partial charge in [0.05, 0.1) is 12.3 Å². The Balaban J connectivity index is 0.00000336. The van der Waals surface area contributed by atoms with Crippen molar-refractivity contribution in [3.8, 4) is 28.1 Å². The van der Waals surface area contributed by atoms with Crippen molar-refractivity contribution >= 4 is 81.1 Å². The number of ether oxygens (including phenoxy) is 1. The van der Waals surface area contributed by atoms with E-state index in [0.717, 1.165) is 46.3 Å². The van der Waals surface area contributed by atoms with Gasteiger partial charge in [-0.25, -0.2) is 10.2 Å². The zero-order valence-corrected chi connectivity index (χ0v) is 43.5. The largest absolute Gasteiger partial charge is 0.508 e. The maximum atomic E-state index is 14.7.